The minimum atomic E-state index is -1.22. The second-order valence-corrected chi connectivity index (χ2v) is 2.42. The quantitative estimate of drug-likeness (QED) is 0.561. The van der Waals surface area contributed by atoms with Crippen LogP contribution in [0.2, 0.25) is 0 Å². The van der Waals surface area contributed by atoms with Crippen molar-refractivity contribution < 1.29 is 9.90 Å². The minimum absolute atomic E-state index is 0.259. The summed E-state index contributed by atoms with van der Waals surface area (Å²) < 4.78 is 0. The number of carbonyl (C=O) groups is 1. The van der Waals surface area contributed by atoms with Crippen molar-refractivity contribution in [3.63, 3.8) is 0 Å². The SMILES string of the molecule is C/C=C/C(=O)C(C)(C)O. The molecule has 0 fully saturated rings. The summed E-state index contributed by atoms with van der Waals surface area (Å²) in [5.74, 6) is -0.259. The summed E-state index contributed by atoms with van der Waals surface area (Å²) in [5.41, 5.74) is -1.22. The molecule has 2 heteroatoms. The van der Waals surface area contributed by atoms with Gasteiger partial charge in [-0.25, -0.2) is 0 Å². The number of ketones is 1. The van der Waals surface area contributed by atoms with Crippen molar-refractivity contribution in [2.24, 2.45) is 0 Å². The molecule has 0 rings (SSSR count). The van der Waals surface area contributed by atoms with E-state index < -0.39 is 5.60 Å². The van der Waals surface area contributed by atoms with Gasteiger partial charge >= 0.3 is 0 Å². The van der Waals surface area contributed by atoms with E-state index in [1.807, 2.05) is 0 Å². The highest BCUT2D eigenvalue weighted by atomic mass is 16.3. The van der Waals surface area contributed by atoms with Crippen LogP contribution in [0.25, 0.3) is 0 Å². The molecule has 0 spiro atoms. The normalized spacial score (nSPS) is 12.4. The van der Waals surface area contributed by atoms with E-state index in [0.717, 1.165) is 0 Å². The van der Waals surface area contributed by atoms with Crippen LogP contribution in [-0.2, 0) is 4.79 Å². The van der Waals surface area contributed by atoms with Crippen LogP contribution in [-0.4, -0.2) is 16.5 Å². The van der Waals surface area contributed by atoms with Gasteiger partial charge in [0.2, 0.25) is 0 Å². The molecule has 0 heterocycles. The molecule has 0 aromatic heterocycles. The lowest BCUT2D eigenvalue weighted by molar-refractivity contribution is -0.128. The van der Waals surface area contributed by atoms with Crippen molar-refractivity contribution in [1.82, 2.24) is 0 Å². The summed E-state index contributed by atoms with van der Waals surface area (Å²) in [4.78, 5) is 10.7. The van der Waals surface area contributed by atoms with Gasteiger partial charge in [0.1, 0.15) is 5.60 Å². The summed E-state index contributed by atoms with van der Waals surface area (Å²) in [6, 6.07) is 0. The number of hydrogen-bond acceptors (Lipinski definition) is 2. The molecule has 0 saturated heterocycles. The highest BCUT2D eigenvalue weighted by molar-refractivity contribution is 5.95. The fourth-order valence-electron chi connectivity index (χ4n) is 0.355. The van der Waals surface area contributed by atoms with Gasteiger partial charge in [0, 0.05) is 0 Å². The molecule has 0 aliphatic rings. The maximum atomic E-state index is 10.7. The molecule has 52 valence electrons. The van der Waals surface area contributed by atoms with Gasteiger partial charge in [0.15, 0.2) is 5.78 Å². The van der Waals surface area contributed by atoms with Crippen LogP contribution in [0.15, 0.2) is 12.2 Å². The monoisotopic (exact) mass is 128 g/mol. The van der Waals surface area contributed by atoms with Crippen molar-refractivity contribution in [3.8, 4) is 0 Å². The predicted octanol–water partition coefficient (Wildman–Crippen LogP) is 0.903. The van der Waals surface area contributed by atoms with Crippen LogP contribution in [0, 0.1) is 0 Å². The third-order valence-corrected chi connectivity index (χ3v) is 0.921. The number of rotatable bonds is 2. The molecule has 0 aromatic carbocycles. The van der Waals surface area contributed by atoms with Crippen LogP contribution in [0.5, 0.6) is 0 Å². The van der Waals surface area contributed by atoms with Crippen LogP contribution in [0.1, 0.15) is 20.8 Å². The largest absolute Gasteiger partial charge is 0.382 e. The van der Waals surface area contributed by atoms with Crippen LogP contribution >= 0.6 is 0 Å². The molecule has 0 atom stereocenters. The van der Waals surface area contributed by atoms with E-state index in [0.29, 0.717) is 0 Å². The molecule has 0 saturated carbocycles. The lowest BCUT2D eigenvalue weighted by Gasteiger charge is -2.11. The number of allylic oxidation sites excluding steroid dienone is 1. The second kappa shape index (κ2) is 2.78. The zero-order valence-corrected chi connectivity index (χ0v) is 6.01. The van der Waals surface area contributed by atoms with Gasteiger partial charge in [-0.3, -0.25) is 4.79 Å². The Morgan fingerprint density at radius 2 is 2.00 bits per heavy atom. The van der Waals surface area contributed by atoms with Gasteiger partial charge < -0.3 is 5.11 Å². The first-order chi connectivity index (χ1) is 3.98. The topological polar surface area (TPSA) is 37.3 Å². The summed E-state index contributed by atoms with van der Waals surface area (Å²) in [6.07, 6.45) is 2.97. The lowest BCUT2D eigenvalue weighted by Crippen LogP contribution is -2.29. The Labute approximate surface area is 55.2 Å². The molecule has 0 unspecified atom stereocenters. The summed E-state index contributed by atoms with van der Waals surface area (Å²) in [6.45, 7) is 4.67. The van der Waals surface area contributed by atoms with E-state index in [4.69, 9.17) is 5.11 Å². The number of aliphatic hydroxyl groups is 1. The smallest absolute Gasteiger partial charge is 0.186 e. The standard InChI is InChI=1S/C7H12O2/c1-4-5-6(8)7(2,3)9/h4-5,9H,1-3H3/b5-4+. The van der Waals surface area contributed by atoms with Gasteiger partial charge in [-0.1, -0.05) is 6.08 Å². The lowest BCUT2D eigenvalue weighted by atomic mass is 10.0. The van der Waals surface area contributed by atoms with Crippen LogP contribution in [0.4, 0.5) is 0 Å². The second-order valence-electron chi connectivity index (χ2n) is 2.42. The average molecular weight is 128 g/mol. The Balaban J connectivity index is 4.06. The van der Waals surface area contributed by atoms with Gasteiger partial charge in [-0.05, 0) is 26.8 Å². The Hall–Kier alpha value is -0.630. The van der Waals surface area contributed by atoms with E-state index in [2.05, 4.69) is 0 Å². The van der Waals surface area contributed by atoms with E-state index in [-0.39, 0.29) is 5.78 Å². The van der Waals surface area contributed by atoms with Crippen LogP contribution < -0.4 is 0 Å². The Morgan fingerprint density at radius 3 is 2.11 bits per heavy atom. The van der Waals surface area contributed by atoms with Crippen molar-refractivity contribution in [3.05, 3.63) is 12.2 Å². The van der Waals surface area contributed by atoms with E-state index in [9.17, 15) is 4.79 Å². The third kappa shape index (κ3) is 3.03. The molecule has 0 amide bonds. The first-order valence-electron chi connectivity index (χ1n) is 2.88. The average Bonchev–Trinajstić information content (AvgIpc) is 1.64. The van der Waals surface area contributed by atoms with E-state index in [1.165, 1.54) is 19.9 Å². The molecule has 0 bridgehead atoms. The molecular formula is C7H12O2. The fourth-order valence-corrected chi connectivity index (χ4v) is 0.355. The third-order valence-electron chi connectivity index (χ3n) is 0.921. The number of hydrogen-bond donors (Lipinski definition) is 1. The van der Waals surface area contributed by atoms with Crippen molar-refractivity contribution in [2.75, 3.05) is 0 Å². The molecule has 1 N–H and O–H groups in total. The summed E-state index contributed by atoms with van der Waals surface area (Å²) in [7, 11) is 0. The fraction of sp³-hybridized carbons (Fsp3) is 0.571. The molecular weight excluding hydrogens is 116 g/mol. The van der Waals surface area contributed by atoms with E-state index in [1.54, 1.807) is 13.0 Å². The molecule has 0 aliphatic heterocycles. The minimum Gasteiger partial charge on any atom is -0.382 e. The Kier molecular flexibility index (Phi) is 2.59. The van der Waals surface area contributed by atoms with Crippen molar-refractivity contribution in [2.45, 2.75) is 26.4 Å². The van der Waals surface area contributed by atoms with Gasteiger partial charge in [0.05, 0.1) is 0 Å². The molecule has 9 heavy (non-hydrogen) atoms. The summed E-state index contributed by atoms with van der Waals surface area (Å²) >= 11 is 0. The Bertz CT molecular complexity index is 128. The molecule has 2 nitrogen and oxygen atoms in total. The zero-order chi connectivity index (χ0) is 7.49. The molecule has 0 radical (unpaired) electrons. The van der Waals surface area contributed by atoms with E-state index >= 15 is 0 Å². The zero-order valence-electron chi connectivity index (χ0n) is 6.01. The Morgan fingerprint density at radius 1 is 1.56 bits per heavy atom. The first-order valence-corrected chi connectivity index (χ1v) is 2.88. The molecule has 0 aromatic rings. The van der Waals surface area contributed by atoms with Crippen molar-refractivity contribution >= 4 is 5.78 Å². The highest BCUT2D eigenvalue weighted by Gasteiger charge is 2.19. The van der Waals surface area contributed by atoms with Crippen molar-refractivity contribution in [1.29, 1.82) is 0 Å². The first kappa shape index (κ1) is 8.37. The maximum absolute atomic E-state index is 10.7. The summed E-state index contributed by atoms with van der Waals surface area (Å²) in [5, 5.41) is 9.02. The van der Waals surface area contributed by atoms with Gasteiger partial charge in [-0.2, -0.15) is 0 Å². The maximum Gasteiger partial charge on any atom is 0.186 e. The number of carbonyl (C=O) groups excluding carboxylic acids is 1. The van der Waals surface area contributed by atoms with Gasteiger partial charge in [0.25, 0.3) is 0 Å². The van der Waals surface area contributed by atoms with Crippen LogP contribution in [0.3, 0.4) is 0 Å². The predicted molar refractivity (Wildman–Crippen MR) is 36.1 cm³/mol. The van der Waals surface area contributed by atoms with Gasteiger partial charge in [-0.15, -0.1) is 0 Å². The highest BCUT2D eigenvalue weighted by Crippen LogP contribution is 2.02. The molecule has 0 aliphatic carbocycles.